The summed E-state index contributed by atoms with van der Waals surface area (Å²) in [4.78, 5) is 0. The van der Waals surface area contributed by atoms with E-state index in [0.717, 1.165) is 18.1 Å². The van der Waals surface area contributed by atoms with Crippen molar-refractivity contribution < 1.29 is 13.2 Å². The number of halogens is 3. The van der Waals surface area contributed by atoms with Crippen molar-refractivity contribution in [2.75, 3.05) is 6.54 Å². The third kappa shape index (κ3) is 3.60. The van der Waals surface area contributed by atoms with Crippen LogP contribution in [0.4, 0.5) is 13.2 Å². The Kier molecular flexibility index (Phi) is 5.41. The lowest BCUT2D eigenvalue weighted by atomic mass is 9.99. The van der Waals surface area contributed by atoms with E-state index in [0.29, 0.717) is 13.0 Å². The molecular weight excluding hydrogens is 239 g/mol. The van der Waals surface area contributed by atoms with E-state index < -0.39 is 17.5 Å². The molecule has 1 aromatic carbocycles. The normalized spacial score (nSPS) is 12.5. The van der Waals surface area contributed by atoms with Crippen LogP contribution in [0.2, 0.25) is 0 Å². The Balaban J connectivity index is 3.04. The van der Waals surface area contributed by atoms with E-state index in [1.807, 2.05) is 13.8 Å². The predicted octanol–water partition coefficient (Wildman–Crippen LogP) is 4.11. The van der Waals surface area contributed by atoms with Crippen LogP contribution in [-0.4, -0.2) is 6.54 Å². The first-order valence-electron chi connectivity index (χ1n) is 5.98. The molecule has 1 unspecified atom stereocenters. The third-order valence-electron chi connectivity index (χ3n) is 2.63. The largest absolute Gasteiger partial charge is 0.310 e. The van der Waals surface area contributed by atoms with Crippen LogP contribution >= 0.6 is 0 Å². The summed E-state index contributed by atoms with van der Waals surface area (Å²) in [5.41, 5.74) is 0.998. The van der Waals surface area contributed by atoms with Gasteiger partial charge in [0.2, 0.25) is 0 Å². The molecule has 0 aromatic heterocycles. The maximum Gasteiger partial charge on any atom is 0.194 e. The summed E-state index contributed by atoms with van der Waals surface area (Å²) in [5.74, 6) is -3.71. The number of hydrogen-bond donors (Lipinski definition) is 1. The number of hydrogen-bond acceptors (Lipinski definition) is 1. The zero-order valence-corrected chi connectivity index (χ0v) is 10.7. The lowest BCUT2D eigenvalue weighted by molar-refractivity contribution is 0.422. The molecule has 100 valence electrons. The SMILES string of the molecule is C=C(C)CC(NCCC)c1ccc(F)c(F)c1F. The summed E-state index contributed by atoms with van der Waals surface area (Å²) in [6.07, 6.45) is 1.36. The maximum absolute atomic E-state index is 13.7. The van der Waals surface area contributed by atoms with Crippen molar-refractivity contribution in [3.63, 3.8) is 0 Å². The minimum Gasteiger partial charge on any atom is -0.310 e. The van der Waals surface area contributed by atoms with Gasteiger partial charge in [-0.1, -0.05) is 18.6 Å². The van der Waals surface area contributed by atoms with Gasteiger partial charge in [-0.05, 0) is 32.4 Å². The van der Waals surface area contributed by atoms with Crippen molar-refractivity contribution >= 4 is 0 Å². The Morgan fingerprint density at radius 1 is 1.28 bits per heavy atom. The highest BCUT2D eigenvalue weighted by Gasteiger charge is 2.20. The van der Waals surface area contributed by atoms with E-state index in [-0.39, 0.29) is 11.6 Å². The lowest BCUT2D eigenvalue weighted by Crippen LogP contribution is -2.23. The van der Waals surface area contributed by atoms with Gasteiger partial charge in [0.1, 0.15) is 0 Å². The smallest absolute Gasteiger partial charge is 0.194 e. The van der Waals surface area contributed by atoms with E-state index in [1.165, 1.54) is 6.07 Å². The van der Waals surface area contributed by atoms with Gasteiger partial charge >= 0.3 is 0 Å². The van der Waals surface area contributed by atoms with E-state index in [4.69, 9.17) is 0 Å². The monoisotopic (exact) mass is 257 g/mol. The van der Waals surface area contributed by atoms with Gasteiger partial charge < -0.3 is 5.32 Å². The molecule has 0 heterocycles. The molecule has 0 amide bonds. The second-order valence-electron chi connectivity index (χ2n) is 4.43. The van der Waals surface area contributed by atoms with Crippen molar-refractivity contribution in [1.82, 2.24) is 5.32 Å². The third-order valence-corrected chi connectivity index (χ3v) is 2.63. The van der Waals surface area contributed by atoms with Gasteiger partial charge in [0.15, 0.2) is 17.5 Å². The summed E-state index contributed by atoms with van der Waals surface area (Å²) < 4.78 is 39.8. The van der Waals surface area contributed by atoms with Crippen molar-refractivity contribution in [2.24, 2.45) is 0 Å². The Morgan fingerprint density at radius 3 is 2.50 bits per heavy atom. The van der Waals surface area contributed by atoms with Gasteiger partial charge in [-0.15, -0.1) is 6.58 Å². The molecule has 0 aliphatic heterocycles. The first kappa shape index (κ1) is 14.8. The van der Waals surface area contributed by atoms with Crippen molar-refractivity contribution in [3.8, 4) is 0 Å². The predicted molar refractivity (Wildman–Crippen MR) is 66.8 cm³/mol. The van der Waals surface area contributed by atoms with Crippen LogP contribution in [0.3, 0.4) is 0 Å². The van der Waals surface area contributed by atoms with Gasteiger partial charge in [-0.2, -0.15) is 0 Å². The average molecular weight is 257 g/mol. The van der Waals surface area contributed by atoms with Crippen molar-refractivity contribution in [2.45, 2.75) is 32.7 Å². The van der Waals surface area contributed by atoms with E-state index in [1.54, 1.807) is 0 Å². The fourth-order valence-electron chi connectivity index (χ4n) is 1.77. The van der Waals surface area contributed by atoms with Crippen LogP contribution in [0.15, 0.2) is 24.3 Å². The van der Waals surface area contributed by atoms with Gasteiger partial charge in [0, 0.05) is 11.6 Å². The average Bonchev–Trinajstić information content (AvgIpc) is 2.31. The first-order chi connectivity index (χ1) is 8.47. The lowest BCUT2D eigenvalue weighted by Gasteiger charge is -2.20. The second-order valence-corrected chi connectivity index (χ2v) is 4.43. The maximum atomic E-state index is 13.7. The summed E-state index contributed by atoms with van der Waals surface area (Å²) >= 11 is 0. The molecule has 1 aromatic rings. The molecule has 0 saturated carbocycles. The number of rotatable bonds is 6. The Morgan fingerprint density at radius 2 is 1.94 bits per heavy atom. The molecule has 0 radical (unpaired) electrons. The topological polar surface area (TPSA) is 12.0 Å². The molecule has 0 bridgehead atoms. The van der Waals surface area contributed by atoms with Crippen LogP contribution in [0, 0.1) is 17.5 Å². The highest BCUT2D eigenvalue weighted by molar-refractivity contribution is 5.25. The molecule has 18 heavy (non-hydrogen) atoms. The zero-order chi connectivity index (χ0) is 13.7. The summed E-state index contributed by atoms with van der Waals surface area (Å²) in [5, 5.41) is 3.11. The summed E-state index contributed by atoms with van der Waals surface area (Å²) in [7, 11) is 0. The van der Waals surface area contributed by atoms with E-state index in [9.17, 15) is 13.2 Å². The van der Waals surface area contributed by atoms with Crippen LogP contribution < -0.4 is 5.32 Å². The fourth-order valence-corrected chi connectivity index (χ4v) is 1.77. The molecule has 1 atom stereocenters. The Bertz CT molecular complexity index is 429. The molecule has 0 spiro atoms. The van der Waals surface area contributed by atoms with Gasteiger partial charge in [-0.25, -0.2) is 13.2 Å². The molecule has 1 N–H and O–H groups in total. The van der Waals surface area contributed by atoms with Crippen molar-refractivity contribution in [3.05, 3.63) is 47.3 Å². The standard InChI is InChI=1S/C14H18F3N/c1-4-7-18-12(8-9(2)3)10-5-6-11(15)14(17)13(10)16/h5-6,12,18H,2,4,7-8H2,1,3H3. The zero-order valence-electron chi connectivity index (χ0n) is 10.7. The molecule has 0 fully saturated rings. The first-order valence-corrected chi connectivity index (χ1v) is 5.98. The fraction of sp³-hybridized carbons (Fsp3) is 0.429. The van der Waals surface area contributed by atoms with Crippen LogP contribution in [-0.2, 0) is 0 Å². The second kappa shape index (κ2) is 6.59. The van der Waals surface area contributed by atoms with E-state index >= 15 is 0 Å². The van der Waals surface area contributed by atoms with Crippen LogP contribution in [0.25, 0.3) is 0 Å². The molecule has 0 saturated heterocycles. The summed E-state index contributed by atoms with van der Waals surface area (Å²) in [6, 6.07) is 1.86. The minimum absolute atomic E-state index is 0.144. The molecule has 1 rings (SSSR count). The molecular formula is C14H18F3N. The van der Waals surface area contributed by atoms with Crippen molar-refractivity contribution in [1.29, 1.82) is 0 Å². The highest BCUT2D eigenvalue weighted by atomic mass is 19.2. The Labute approximate surface area is 106 Å². The molecule has 0 aliphatic carbocycles. The highest BCUT2D eigenvalue weighted by Crippen LogP contribution is 2.25. The molecule has 0 aliphatic rings. The van der Waals surface area contributed by atoms with Crippen LogP contribution in [0.5, 0.6) is 0 Å². The summed E-state index contributed by atoms with van der Waals surface area (Å²) in [6.45, 7) is 8.24. The minimum atomic E-state index is -1.42. The Hall–Kier alpha value is -1.29. The van der Waals surface area contributed by atoms with Gasteiger partial charge in [-0.3, -0.25) is 0 Å². The number of nitrogens with one attached hydrogen (secondary N) is 1. The van der Waals surface area contributed by atoms with E-state index in [2.05, 4.69) is 11.9 Å². The molecule has 1 nitrogen and oxygen atoms in total. The number of benzene rings is 1. The van der Waals surface area contributed by atoms with Gasteiger partial charge in [0.25, 0.3) is 0 Å². The quantitative estimate of drug-likeness (QED) is 0.597. The molecule has 4 heteroatoms. The van der Waals surface area contributed by atoms with Crippen LogP contribution in [0.1, 0.15) is 38.3 Å². The van der Waals surface area contributed by atoms with Gasteiger partial charge in [0.05, 0.1) is 0 Å².